The van der Waals surface area contributed by atoms with Gasteiger partial charge in [0.15, 0.2) is 5.17 Å². The molecule has 0 spiro atoms. The Hall–Kier alpha value is -2.22. The summed E-state index contributed by atoms with van der Waals surface area (Å²) in [4.78, 5) is 0. The largest absolute Gasteiger partial charge is 0.377 e. The topological polar surface area (TPSA) is 69.2 Å². The molecule has 0 aromatic heterocycles. The highest BCUT2D eigenvalue weighted by Gasteiger charge is 2.15. The van der Waals surface area contributed by atoms with Crippen molar-refractivity contribution >= 4 is 23.1 Å². The van der Waals surface area contributed by atoms with Gasteiger partial charge in [-0.25, -0.2) is 4.39 Å². The van der Waals surface area contributed by atoms with Crippen LogP contribution in [0.1, 0.15) is 29.5 Å². The van der Waals surface area contributed by atoms with Gasteiger partial charge in [-0.2, -0.15) is 5.10 Å². The van der Waals surface area contributed by atoms with Crippen molar-refractivity contribution in [1.29, 1.82) is 0 Å². The van der Waals surface area contributed by atoms with E-state index in [0.29, 0.717) is 22.9 Å². The van der Waals surface area contributed by atoms with E-state index >= 15 is 0 Å². The van der Waals surface area contributed by atoms with E-state index in [1.165, 1.54) is 24.0 Å². The SMILES string of the molecule is NC(=NN=Cc1ccc(COCC2CCCO2)c(F)c1)SCc1ccccc1. The number of halogens is 1. The van der Waals surface area contributed by atoms with Gasteiger partial charge in [0.05, 0.1) is 25.5 Å². The Labute approximate surface area is 168 Å². The molecule has 1 unspecified atom stereocenters. The van der Waals surface area contributed by atoms with Gasteiger partial charge in [0.25, 0.3) is 0 Å². The summed E-state index contributed by atoms with van der Waals surface area (Å²) in [6.07, 6.45) is 3.69. The minimum Gasteiger partial charge on any atom is -0.377 e. The lowest BCUT2D eigenvalue weighted by Gasteiger charge is -2.10. The molecule has 7 heteroatoms. The predicted molar refractivity (Wildman–Crippen MR) is 112 cm³/mol. The van der Waals surface area contributed by atoms with Crippen LogP contribution in [0.15, 0.2) is 58.7 Å². The van der Waals surface area contributed by atoms with Crippen molar-refractivity contribution < 1.29 is 13.9 Å². The second kappa shape index (κ2) is 10.9. The minimum absolute atomic E-state index is 0.137. The number of nitrogens with two attached hydrogens (primary N) is 1. The Kier molecular flexibility index (Phi) is 8.02. The van der Waals surface area contributed by atoms with Crippen LogP contribution in [0.3, 0.4) is 0 Å². The quantitative estimate of drug-likeness (QED) is 0.411. The van der Waals surface area contributed by atoms with Crippen LogP contribution in [0.5, 0.6) is 0 Å². The number of thioether (sulfide) groups is 1. The molecule has 2 aromatic carbocycles. The van der Waals surface area contributed by atoms with E-state index in [4.69, 9.17) is 15.2 Å². The number of nitrogens with zero attached hydrogens (tertiary/aromatic N) is 2. The lowest BCUT2D eigenvalue weighted by molar-refractivity contribution is 0.00982. The first-order chi connectivity index (χ1) is 13.7. The molecule has 3 rings (SSSR count). The van der Waals surface area contributed by atoms with Crippen LogP contribution in [-0.4, -0.2) is 30.7 Å². The van der Waals surface area contributed by atoms with Crippen molar-refractivity contribution in [1.82, 2.24) is 0 Å². The molecule has 1 fully saturated rings. The number of ether oxygens (including phenoxy) is 2. The number of hydrogen-bond donors (Lipinski definition) is 1. The zero-order chi connectivity index (χ0) is 19.6. The molecule has 0 saturated carbocycles. The molecule has 2 N–H and O–H groups in total. The summed E-state index contributed by atoms with van der Waals surface area (Å²) in [5.74, 6) is 0.396. The minimum atomic E-state index is -0.327. The van der Waals surface area contributed by atoms with Crippen LogP contribution in [0.2, 0.25) is 0 Å². The highest BCUT2D eigenvalue weighted by Crippen LogP contribution is 2.15. The summed E-state index contributed by atoms with van der Waals surface area (Å²) >= 11 is 1.40. The van der Waals surface area contributed by atoms with Crippen molar-refractivity contribution in [3.63, 3.8) is 0 Å². The molecule has 28 heavy (non-hydrogen) atoms. The maximum atomic E-state index is 14.2. The molecule has 1 heterocycles. The maximum absolute atomic E-state index is 14.2. The lowest BCUT2D eigenvalue weighted by Crippen LogP contribution is -2.14. The number of amidine groups is 1. The van der Waals surface area contributed by atoms with Gasteiger partial charge in [-0.15, -0.1) is 5.10 Å². The van der Waals surface area contributed by atoms with Gasteiger partial charge in [-0.3, -0.25) is 0 Å². The van der Waals surface area contributed by atoms with E-state index in [0.717, 1.165) is 30.8 Å². The standard InChI is InChI=1S/C21H24FN3O2S/c22-20-11-17(8-9-18(20)13-26-14-19-7-4-10-27-19)12-24-25-21(23)28-15-16-5-2-1-3-6-16/h1-3,5-6,8-9,11-12,19H,4,7,10,13-15H2,(H2,23,25). The molecule has 1 saturated heterocycles. The van der Waals surface area contributed by atoms with E-state index in [9.17, 15) is 4.39 Å². The van der Waals surface area contributed by atoms with Crippen molar-refractivity contribution in [2.45, 2.75) is 31.3 Å². The fourth-order valence-electron chi connectivity index (χ4n) is 2.75. The molecule has 1 aliphatic heterocycles. The van der Waals surface area contributed by atoms with Gasteiger partial charge in [-0.1, -0.05) is 54.2 Å². The van der Waals surface area contributed by atoms with E-state index in [2.05, 4.69) is 10.2 Å². The zero-order valence-electron chi connectivity index (χ0n) is 15.6. The smallest absolute Gasteiger partial charge is 0.180 e. The molecule has 0 bridgehead atoms. The van der Waals surface area contributed by atoms with Crippen LogP contribution in [0, 0.1) is 5.82 Å². The summed E-state index contributed by atoms with van der Waals surface area (Å²) in [6, 6.07) is 14.9. The Balaban J connectivity index is 1.46. The average molecular weight is 402 g/mol. The highest BCUT2D eigenvalue weighted by molar-refractivity contribution is 8.13. The molecule has 1 atom stereocenters. The fourth-order valence-corrected chi connectivity index (χ4v) is 3.36. The number of benzene rings is 2. The molecular weight excluding hydrogens is 377 g/mol. The summed E-state index contributed by atoms with van der Waals surface area (Å²) in [5, 5.41) is 8.25. The van der Waals surface area contributed by atoms with Gasteiger partial charge >= 0.3 is 0 Å². The summed E-state index contributed by atoms with van der Waals surface area (Å²) in [6.45, 7) is 1.51. The number of hydrogen-bond acceptors (Lipinski definition) is 5. The van der Waals surface area contributed by atoms with Crippen molar-refractivity contribution in [3.8, 4) is 0 Å². The maximum Gasteiger partial charge on any atom is 0.180 e. The Morgan fingerprint density at radius 2 is 2.14 bits per heavy atom. The van der Waals surface area contributed by atoms with Crippen molar-refractivity contribution in [2.75, 3.05) is 13.2 Å². The highest BCUT2D eigenvalue weighted by atomic mass is 32.2. The lowest BCUT2D eigenvalue weighted by atomic mass is 10.1. The van der Waals surface area contributed by atoms with E-state index in [1.807, 2.05) is 30.3 Å². The molecule has 0 amide bonds. The Bertz CT molecular complexity index is 809. The third-order valence-electron chi connectivity index (χ3n) is 4.26. The van der Waals surface area contributed by atoms with Crippen molar-refractivity contribution in [2.24, 2.45) is 15.9 Å². The summed E-state index contributed by atoms with van der Waals surface area (Å²) < 4.78 is 25.3. The molecule has 2 aromatic rings. The van der Waals surface area contributed by atoms with Crippen molar-refractivity contribution in [3.05, 3.63) is 71.0 Å². The molecule has 0 aliphatic carbocycles. The van der Waals surface area contributed by atoms with Crippen LogP contribution in [-0.2, 0) is 21.8 Å². The third-order valence-corrected chi connectivity index (χ3v) is 5.11. The van der Waals surface area contributed by atoms with Crippen LogP contribution in [0.25, 0.3) is 0 Å². The van der Waals surface area contributed by atoms with Gasteiger partial charge in [0.2, 0.25) is 0 Å². The first kappa shape index (κ1) is 20.5. The van der Waals surface area contributed by atoms with Gasteiger partial charge in [-0.05, 0) is 30.0 Å². The molecular formula is C21H24FN3O2S. The van der Waals surface area contributed by atoms with E-state index in [-0.39, 0.29) is 18.5 Å². The molecule has 0 radical (unpaired) electrons. The van der Waals surface area contributed by atoms with Gasteiger partial charge in [0, 0.05) is 17.9 Å². The average Bonchev–Trinajstić information content (AvgIpc) is 3.22. The first-order valence-corrected chi connectivity index (χ1v) is 10.2. The van der Waals surface area contributed by atoms with E-state index < -0.39 is 0 Å². The Morgan fingerprint density at radius 3 is 2.89 bits per heavy atom. The van der Waals surface area contributed by atoms with Crippen LogP contribution in [0.4, 0.5) is 4.39 Å². The van der Waals surface area contributed by atoms with Crippen LogP contribution >= 0.6 is 11.8 Å². The third kappa shape index (κ3) is 6.74. The van der Waals surface area contributed by atoms with Gasteiger partial charge in [0.1, 0.15) is 5.82 Å². The van der Waals surface area contributed by atoms with Crippen LogP contribution < -0.4 is 5.73 Å². The van der Waals surface area contributed by atoms with Gasteiger partial charge < -0.3 is 15.2 Å². The summed E-state index contributed by atoms with van der Waals surface area (Å²) in [5.41, 5.74) is 8.13. The fraction of sp³-hybridized carbons (Fsp3) is 0.333. The summed E-state index contributed by atoms with van der Waals surface area (Å²) in [7, 11) is 0. The first-order valence-electron chi connectivity index (χ1n) is 9.21. The molecule has 1 aliphatic rings. The second-order valence-corrected chi connectivity index (χ2v) is 7.45. The van der Waals surface area contributed by atoms with E-state index in [1.54, 1.807) is 12.1 Å². The molecule has 5 nitrogen and oxygen atoms in total. The molecule has 148 valence electrons. The number of rotatable bonds is 8. The normalized spacial score (nSPS) is 17.5. The zero-order valence-corrected chi connectivity index (χ0v) is 16.4. The monoisotopic (exact) mass is 401 g/mol. The predicted octanol–water partition coefficient (Wildman–Crippen LogP) is 4.10. The second-order valence-electron chi connectivity index (χ2n) is 6.46. The Morgan fingerprint density at radius 1 is 1.29 bits per heavy atom.